The molecule has 3 N–H and O–H groups in total. The van der Waals surface area contributed by atoms with E-state index in [1.165, 1.54) is 70.6 Å². The zero-order chi connectivity index (χ0) is 15.3. The van der Waals surface area contributed by atoms with Crippen LogP contribution in [0, 0.1) is 10.8 Å². The maximum atomic E-state index is 7.89. The normalized spacial score (nSPS) is 14.2. The van der Waals surface area contributed by atoms with Gasteiger partial charge in [-0.25, -0.2) is 0 Å². The van der Waals surface area contributed by atoms with Crippen molar-refractivity contribution in [2.45, 2.75) is 104 Å². The number of hydrogen-bond donors (Lipinski definition) is 2. The molecular formula is C18H38N2. The molecule has 20 heavy (non-hydrogen) atoms. The van der Waals surface area contributed by atoms with Crippen molar-refractivity contribution in [1.29, 1.82) is 5.41 Å². The van der Waals surface area contributed by atoms with E-state index in [0.717, 1.165) is 12.8 Å². The average Bonchev–Trinajstić information content (AvgIpc) is 2.42. The number of hydrogen-bond acceptors (Lipinski definition) is 1. The summed E-state index contributed by atoms with van der Waals surface area (Å²) < 4.78 is 0. The fourth-order valence-corrected chi connectivity index (χ4v) is 2.81. The number of nitrogens with one attached hydrogen (secondary N) is 1. The van der Waals surface area contributed by atoms with Crippen molar-refractivity contribution in [3.63, 3.8) is 0 Å². The Hall–Kier alpha value is -0.530. The summed E-state index contributed by atoms with van der Waals surface area (Å²) in [6, 6.07) is 0. The van der Waals surface area contributed by atoms with Crippen LogP contribution in [0.2, 0.25) is 0 Å². The first kappa shape index (κ1) is 19.5. The fraction of sp³-hybridized carbons (Fsp3) is 0.944. The summed E-state index contributed by atoms with van der Waals surface area (Å²) in [5.41, 5.74) is 5.81. The van der Waals surface area contributed by atoms with Gasteiger partial charge in [-0.1, -0.05) is 91.4 Å². The summed E-state index contributed by atoms with van der Waals surface area (Å²) in [6.07, 6.45) is 16.6. The van der Waals surface area contributed by atoms with E-state index in [2.05, 4.69) is 20.8 Å². The zero-order valence-electron chi connectivity index (χ0n) is 14.3. The van der Waals surface area contributed by atoms with Gasteiger partial charge in [0.15, 0.2) is 0 Å². The van der Waals surface area contributed by atoms with E-state index in [-0.39, 0.29) is 5.41 Å². The van der Waals surface area contributed by atoms with Crippen molar-refractivity contribution in [1.82, 2.24) is 0 Å². The van der Waals surface area contributed by atoms with Gasteiger partial charge in [0.25, 0.3) is 0 Å². The molecule has 0 aliphatic heterocycles. The largest absolute Gasteiger partial charge is 0.387 e. The number of rotatable bonds is 14. The SMILES string of the molecule is CCCCCCCCC(C)(CCCCCCC)C(=N)N. The summed E-state index contributed by atoms with van der Waals surface area (Å²) in [6.45, 7) is 6.70. The molecule has 1 atom stereocenters. The van der Waals surface area contributed by atoms with Gasteiger partial charge in [0.1, 0.15) is 0 Å². The van der Waals surface area contributed by atoms with Crippen LogP contribution in [0.25, 0.3) is 0 Å². The van der Waals surface area contributed by atoms with Crippen molar-refractivity contribution >= 4 is 5.84 Å². The first-order valence-corrected chi connectivity index (χ1v) is 8.91. The Morgan fingerprint density at radius 3 is 1.45 bits per heavy atom. The molecule has 0 saturated carbocycles. The quantitative estimate of drug-likeness (QED) is 0.228. The van der Waals surface area contributed by atoms with Crippen LogP contribution in [-0.2, 0) is 0 Å². The summed E-state index contributed by atoms with van der Waals surface area (Å²) in [5, 5.41) is 7.89. The number of nitrogens with two attached hydrogens (primary N) is 1. The second kappa shape index (κ2) is 12.2. The van der Waals surface area contributed by atoms with Crippen molar-refractivity contribution < 1.29 is 0 Å². The highest BCUT2D eigenvalue weighted by Crippen LogP contribution is 2.31. The minimum absolute atomic E-state index is 0.0447. The Kier molecular flexibility index (Phi) is 11.9. The maximum Gasteiger partial charge on any atom is 0.0965 e. The molecule has 0 aromatic carbocycles. The Labute approximate surface area is 127 Å². The van der Waals surface area contributed by atoms with Gasteiger partial charge in [-0.05, 0) is 12.8 Å². The molecule has 2 nitrogen and oxygen atoms in total. The molecule has 2 heteroatoms. The van der Waals surface area contributed by atoms with Gasteiger partial charge in [0.2, 0.25) is 0 Å². The van der Waals surface area contributed by atoms with Gasteiger partial charge in [0.05, 0.1) is 5.84 Å². The molecule has 0 bridgehead atoms. The molecule has 1 unspecified atom stereocenters. The fourth-order valence-electron chi connectivity index (χ4n) is 2.81. The Balaban J connectivity index is 3.84. The third-order valence-corrected chi connectivity index (χ3v) is 4.56. The predicted molar refractivity (Wildman–Crippen MR) is 91.4 cm³/mol. The Morgan fingerprint density at radius 2 is 1.10 bits per heavy atom. The van der Waals surface area contributed by atoms with Crippen LogP contribution >= 0.6 is 0 Å². The van der Waals surface area contributed by atoms with Crippen LogP contribution in [-0.4, -0.2) is 5.84 Å². The second-order valence-electron chi connectivity index (χ2n) is 6.66. The third-order valence-electron chi connectivity index (χ3n) is 4.56. The zero-order valence-corrected chi connectivity index (χ0v) is 14.3. The summed E-state index contributed by atoms with van der Waals surface area (Å²) in [7, 11) is 0. The molecule has 120 valence electrons. The number of amidine groups is 1. The van der Waals surface area contributed by atoms with E-state index in [4.69, 9.17) is 11.1 Å². The summed E-state index contributed by atoms with van der Waals surface area (Å²) in [4.78, 5) is 0. The van der Waals surface area contributed by atoms with Crippen LogP contribution in [0.4, 0.5) is 0 Å². The average molecular weight is 283 g/mol. The van der Waals surface area contributed by atoms with Crippen LogP contribution in [0.1, 0.15) is 104 Å². The predicted octanol–water partition coefficient (Wildman–Crippen LogP) is 6.04. The van der Waals surface area contributed by atoms with Crippen LogP contribution in [0.3, 0.4) is 0 Å². The molecule has 0 fully saturated rings. The van der Waals surface area contributed by atoms with Gasteiger partial charge in [0, 0.05) is 5.41 Å². The molecular weight excluding hydrogens is 244 g/mol. The van der Waals surface area contributed by atoms with Crippen LogP contribution in [0.5, 0.6) is 0 Å². The van der Waals surface area contributed by atoms with Gasteiger partial charge < -0.3 is 5.73 Å². The van der Waals surface area contributed by atoms with Crippen molar-refractivity contribution in [3.8, 4) is 0 Å². The molecule has 0 aliphatic carbocycles. The first-order valence-electron chi connectivity index (χ1n) is 8.91. The van der Waals surface area contributed by atoms with Gasteiger partial charge >= 0.3 is 0 Å². The maximum absolute atomic E-state index is 7.89. The smallest absolute Gasteiger partial charge is 0.0965 e. The molecule has 0 aromatic rings. The highest BCUT2D eigenvalue weighted by molar-refractivity contribution is 5.83. The molecule has 0 aromatic heterocycles. The van der Waals surface area contributed by atoms with E-state index in [1.807, 2.05) is 0 Å². The lowest BCUT2D eigenvalue weighted by molar-refractivity contribution is 0.351. The molecule has 0 amide bonds. The van der Waals surface area contributed by atoms with Crippen molar-refractivity contribution in [2.24, 2.45) is 11.1 Å². The molecule has 0 rings (SSSR count). The first-order chi connectivity index (χ1) is 9.56. The van der Waals surface area contributed by atoms with E-state index in [9.17, 15) is 0 Å². The van der Waals surface area contributed by atoms with Gasteiger partial charge in [-0.3, -0.25) is 5.41 Å². The molecule has 0 heterocycles. The van der Waals surface area contributed by atoms with Crippen LogP contribution in [0.15, 0.2) is 0 Å². The third kappa shape index (κ3) is 9.39. The lowest BCUT2D eigenvalue weighted by atomic mass is 9.78. The lowest BCUT2D eigenvalue weighted by Crippen LogP contribution is -2.33. The topological polar surface area (TPSA) is 49.9 Å². The Morgan fingerprint density at radius 1 is 0.750 bits per heavy atom. The number of unbranched alkanes of at least 4 members (excludes halogenated alkanes) is 9. The lowest BCUT2D eigenvalue weighted by Gasteiger charge is -2.28. The van der Waals surface area contributed by atoms with Gasteiger partial charge in [-0.2, -0.15) is 0 Å². The Bertz CT molecular complexity index is 238. The standard InChI is InChI=1S/C18H38N2/c1-4-6-8-10-12-14-16-18(3,17(19)20)15-13-11-9-7-5-2/h4-16H2,1-3H3,(H3,19,20). The van der Waals surface area contributed by atoms with E-state index in [1.54, 1.807) is 0 Å². The van der Waals surface area contributed by atoms with Crippen molar-refractivity contribution in [2.75, 3.05) is 0 Å². The summed E-state index contributed by atoms with van der Waals surface area (Å²) in [5.74, 6) is 0.404. The van der Waals surface area contributed by atoms with Gasteiger partial charge in [-0.15, -0.1) is 0 Å². The molecule has 0 saturated heterocycles. The van der Waals surface area contributed by atoms with E-state index < -0.39 is 0 Å². The van der Waals surface area contributed by atoms with E-state index in [0.29, 0.717) is 5.84 Å². The molecule has 0 radical (unpaired) electrons. The highest BCUT2D eigenvalue weighted by atomic mass is 14.7. The molecule has 0 spiro atoms. The molecule has 0 aliphatic rings. The minimum atomic E-state index is -0.0447. The van der Waals surface area contributed by atoms with Crippen molar-refractivity contribution in [3.05, 3.63) is 0 Å². The monoisotopic (exact) mass is 282 g/mol. The van der Waals surface area contributed by atoms with Crippen LogP contribution < -0.4 is 5.73 Å². The van der Waals surface area contributed by atoms with E-state index >= 15 is 0 Å². The second-order valence-corrected chi connectivity index (χ2v) is 6.66. The summed E-state index contributed by atoms with van der Waals surface area (Å²) >= 11 is 0. The minimum Gasteiger partial charge on any atom is -0.387 e. The highest BCUT2D eigenvalue weighted by Gasteiger charge is 2.26.